The van der Waals surface area contributed by atoms with Crippen molar-refractivity contribution in [3.05, 3.63) is 57.6 Å². The molecule has 4 rings (SSSR count). The van der Waals surface area contributed by atoms with Gasteiger partial charge in [-0.05, 0) is 99.2 Å². The van der Waals surface area contributed by atoms with E-state index < -0.39 is 17.2 Å². The molecule has 2 amide bonds. The number of alkyl carbamates (subject to hydrolysis) is 1. The Morgan fingerprint density at radius 2 is 1.82 bits per heavy atom. The van der Waals surface area contributed by atoms with E-state index in [0.717, 1.165) is 5.56 Å². The standard InChI is InChI=1S/C26H30Cl2N6O3S/c1-25(2,3)37-24(36)30-26(4,5)17-9-10-20(18(27)13-17)29-22(35)14-38-23-31-32-33-34(23)21-11-8-16(12-19(21)28)15-6-7-15/h8-13,15H,6-7,14H2,1-5H3,(H,29,35)(H,30,36). The second kappa shape index (κ2) is 11.1. The summed E-state index contributed by atoms with van der Waals surface area (Å²) >= 11 is 14.2. The predicted octanol–water partition coefficient (Wildman–Crippen LogP) is 6.34. The Hall–Kier alpha value is -2.82. The molecule has 0 radical (unpaired) electrons. The number of carbonyl (C=O) groups is 2. The fraction of sp³-hybridized carbons (Fsp3) is 0.423. The van der Waals surface area contributed by atoms with E-state index in [-0.39, 0.29) is 11.7 Å². The zero-order chi connectivity index (χ0) is 27.7. The van der Waals surface area contributed by atoms with Gasteiger partial charge in [0.15, 0.2) is 0 Å². The molecule has 202 valence electrons. The maximum Gasteiger partial charge on any atom is 0.408 e. The molecule has 3 aromatic rings. The molecule has 0 saturated heterocycles. The Bertz CT molecular complexity index is 1350. The lowest BCUT2D eigenvalue weighted by molar-refractivity contribution is -0.113. The topological polar surface area (TPSA) is 111 Å². The summed E-state index contributed by atoms with van der Waals surface area (Å²) in [5.41, 5.74) is 1.72. The molecule has 1 fully saturated rings. The molecule has 9 nitrogen and oxygen atoms in total. The second-order valence-electron chi connectivity index (χ2n) is 10.6. The molecule has 0 aliphatic heterocycles. The van der Waals surface area contributed by atoms with Gasteiger partial charge in [0.25, 0.3) is 0 Å². The third-order valence-electron chi connectivity index (χ3n) is 5.80. The summed E-state index contributed by atoms with van der Waals surface area (Å²) in [5.74, 6) is 0.365. The fourth-order valence-corrected chi connectivity index (χ4v) is 4.92. The Morgan fingerprint density at radius 1 is 1.08 bits per heavy atom. The van der Waals surface area contributed by atoms with Gasteiger partial charge in [-0.15, -0.1) is 5.10 Å². The third-order valence-corrected chi connectivity index (χ3v) is 7.34. The number of carbonyl (C=O) groups excluding carboxylic acids is 2. The van der Waals surface area contributed by atoms with Gasteiger partial charge in [-0.1, -0.05) is 47.1 Å². The highest BCUT2D eigenvalue weighted by atomic mass is 35.5. The van der Waals surface area contributed by atoms with Crippen molar-refractivity contribution in [1.29, 1.82) is 0 Å². The summed E-state index contributed by atoms with van der Waals surface area (Å²) < 4.78 is 6.88. The van der Waals surface area contributed by atoms with Crippen molar-refractivity contribution >= 4 is 52.7 Å². The molecule has 38 heavy (non-hydrogen) atoms. The number of tetrazole rings is 1. The van der Waals surface area contributed by atoms with Crippen LogP contribution in [0.4, 0.5) is 10.5 Å². The Labute approximate surface area is 236 Å². The number of nitrogens with zero attached hydrogens (tertiary/aromatic N) is 4. The summed E-state index contributed by atoms with van der Waals surface area (Å²) in [7, 11) is 0. The van der Waals surface area contributed by atoms with E-state index in [0.29, 0.717) is 32.5 Å². The second-order valence-corrected chi connectivity index (χ2v) is 12.4. The predicted molar refractivity (Wildman–Crippen MR) is 149 cm³/mol. The lowest BCUT2D eigenvalue weighted by Crippen LogP contribution is -2.43. The lowest BCUT2D eigenvalue weighted by Gasteiger charge is -2.29. The number of anilines is 1. The van der Waals surface area contributed by atoms with Crippen LogP contribution >= 0.6 is 35.0 Å². The van der Waals surface area contributed by atoms with Crippen LogP contribution in [0, 0.1) is 0 Å². The largest absolute Gasteiger partial charge is 0.444 e. The van der Waals surface area contributed by atoms with Crippen LogP contribution in [-0.2, 0) is 15.1 Å². The van der Waals surface area contributed by atoms with Gasteiger partial charge in [-0.2, -0.15) is 4.68 Å². The smallest absolute Gasteiger partial charge is 0.408 e. The van der Waals surface area contributed by atoms with E-state index >= 15 is 0 Å². The fourth-order valence-electron chi connectivity index (χ4n) is 3.74. The number of nitrogens with one attached hydrogen (secondary N) is 2. The SMILES string of the molecule is CC(C)(C)OC(=O)NC(C)(C)c1ccc(NC(=O)CSc2nnnn2-c2ccc(C3CC3)cc2Cl)c(Cl)c1. The van der Waals surface area contributed by atoms with Gasteiger partial charge in [-0.3, -0.25) is 4.79 Å². The number of benzene rings is 2. The minimum absolute atomic E-state index is 0.0575. The van der Waals surface area contributed by atoms with Gasteiger partial charge < -0.3 is 15.4 Å². The molecule has 1 aromatic heterocycles. The zero-order valence-electron chi connectivity index (χ0n) is 21.8. The van der Waals surface area contributed by atoms with Crippen molar-refractivity contribution in [3.63, 3.8) is 0 Å². The van der Waals surface area contributed by atoms with Crippen molar-refractivity contribution in [2.24, 2.45) is 0 Å². The highest BCUT2D eigenvalue weighted by Crippen LogP contribution is 2.41. The maximum atomic E-state index is 12.7. The van der Waals surface area contributed by atoms with Crippen molar-refractivity contribution in [2.75, 3.05) is 11.1 Å². The van der Waals surface area contributed by atoms with Crippen molar-refractivity contribution in [1.82, 2.24) is 25.5 Å². The first-order chi connectivity index (χ1) is 17.8. The minimum atomic E-state index is -0.750. The van der Waals surface area contributed by atoms with Crippen molar-refractivity contribution in [3.8, 4) is 5.69 Å². The molecular weight excluding hydrogens is 547 g/mol. The number of ether oxygens (including phenoxy) is 1. The van der Waals surface area contributed by atoms with Gasteiger partial charge in [-0.25, -0.2) is 4.79 Å². The first-order valence-corrected chi connectivity index (χ1v) is 13.9. The van der Waals surface area contributed by atoms with E-state index in [9.17, 15) is 9.59 Å². The average Bonchev–Trinajstić information content (AvgIpc) is 3.55. The number of aromatic nitrogens is 4. The van der Waals surface area contributed by atoms with Gasteiger partial charge in [0.05, 0.1) is 32.7 Å². The first kappa shape index (κ1) is 28.2. The molecule has 0 spiro atoms. The van der Waals surface area contributed by atoms with E-state index in [1.165, 1.54) is 34.8 Å². The van der Waals surface area contributed by atoms with Crippen LogP contribution in [0.1, 0.15) is 64.5 Å². The molecule has 2 N–H and O–H groups in total. The molecule has 0 unspecified atom stereocenters. The summed E-state index contributed by atoms with van der Waals surface area (Å²) in [6.07, 6.45) is 1.84. The van der Waals surface area contributed by atoms with Gasteiger partial charge >= 0.3 is 6.09 Å². The van der Waals surface area contributed by atoms with Gasteiger partial charge in [0, 0.05) is 0 Å². The van der Waals surface area contributed by atoms with Crippen molar-refractivity contribution < 1.29 is 14.3 Å². The Kier molecular flexibility index (Phi) is 8.25. The van der Waals surface area contributed by atoms with E-state index in [1.54, 1.807) is 39.0 Å². The summed E-state index contributed by atoms with van der Waals surface area (Å²) in [6.45, 7) is 9.08. The highest BCUT2D eigenvalue weighted by Gasteiger charge is 2.27. The van der Waals surface area contributed by atoms with Crippen molar-refractivity contribution in [2.45, 2.75) is 69.7 Å². The molecule has 12 heteroatoms. The zero-order valence-corrected chi connectivity index (χ0v) is 24.2. The lowest BCUT2D eigenvalue weighted by atomic mass is 9.94. The number of rotatable bonds is 8. The molecule has 2 aromatic carbocycles. The van der Waals surface area contributed by atoms with Crippen LogP contribution < -0.4 is 10.6 Å². The number of amides is 2. The summed E-state index contributed by atoms with van der Waals surface area (Å²) in [6, 6.07) is 11.1. The normalized spacial score (nSPS) is 13.8. The van der Waals surface area contributed by atoms with Crippen LogP contribution in [0.3, 0.4) is 0 Å². The maximum absolute atomic E-state index is 12.7. The van der Waals surface area contributed by atoms with E-state index in [1.807, 2.05) is 32.0 Å². The van der Waals surface area contributed by atoms with Crippen LogP contribution in [-0.4, -0.2) is 43.6 Å². The van der Waals surface area contributed by atoms with Gasteiger partial charge in [0.1, 0.15) is 5.60 Å². The minimum Gasteiger partial charge on any atom is -0.444 e. The van der Waals surface area contributed by atoms with Gasteiger partial charge in [0.2, 0.25) is 11.1 Å². The molecular formula is C26H30Cl2N6O3S. The molecule has 1 heterocycles. The molecule has 0 bridgehead atoms. The summed E-state index contributed by atoms with van der Waals surface area (Å²) in [5, 5.41) is 18.8. The van der Waals surface area contributed by atoms with Crippen LogP contribution in [0.25, 0.3) is 5.69 Å². The number of thioether (sulfide) groups is 1. The number of halogens is 2. The average molecular weight is 578 g/mol. The third kappa shape index (κ3) is 7.18. The Balaban J connectivity index is 1.37. The number of hydrogen-bond acceptors (Lipinski definition) is 7. The number of hydrogen-bond donors (Lipinski definition) is 2. The van der Waals surface area contributed by atoms with Crippen LogP contribution in [0.5, 0.6) is 0 Å². The monoisotopic (exact) mass is 576 g/mol. The Morgan fingerprint density at radius 3 is 2.45 bits per heavy atom. The molecule has 1 aliphatic carbocycles. The first-order valence-electron chi connectivity index (χ1n) is 12.1. The van der Waals surface area contributed by atoms with Crippen LogP contribution in [0.15, 0.2) is 41.6 Å². The quantitative estimate of drug-likeness (QED) is 0.301. The molecule has 1 saturated carbocycles. The molecule has 1 aliphatic rings. The van der Waals surface area contributed by atoms with Crippen LogP contribution in [0.2, 0.25) is 10.0 Å². The highest BCUT2D eigenvalue weighted by molar-refractivity contribution is 7.99. The summed E-state index contributed by atoms with van der Waals surface area (Å²) in [4.78, 5) is 24.9. The van der Waals surface area contributed by atoms with E-state index in [2.05, 4.69) is 26.2 Å². The molecule has 0 atom stereocenters. The van der Waals surface area contributed by atoms with E-state index in [4.69, 9.17) is 27.9 Å².